The van der Waals surface area contributed by atoms with Crippen LogP contribution in [0, 0.1) is 6.92 Å². The maximum atomic E-state index is 12.6. The number of rotatable bonds is 7. The topological polar surface area (TPSA) is 88.5 Å². The van der Waals surface area contributed by atoms with Crippen molar-refractivity contribution >= 4 is 40.9 Å². The van der Waals surface area contributed by atoms with E-state index in [1.165, 1.54) is 11.5 Å². The molecule has 0 bridgehead atoms. The van der Waals surface area contributed by atoms with Crippen molar-refractivity contribution in [3.63, 3.8) is 0 Å². The molecule has 1 amide bonds. The number of nitrogens with zero attached hydrogens (tertiary/aromatic N) is 1. The second-order valence-corrected chi connectivity index (χ2v) is 9.19. The minimum atomic E-state index is -0.853. The molecule has 0 aliphatic rings. The highest BCUT2D eigenvalue weighted by Crippen LogP contribution is 2.36. The van der Waals surface area contributed by atoms with Crippen molar-refractivity contribution in [2.45, 2.75) is 26.4 Å². The number of aryl methyl sites for hydroxylation is 1. The summed E-state index contributed by atoms with van der Waals surface area (Å²) >= 11 is 7.52. The van der Waals surface area contributed by atoms with E-state index in [1.54, 1.807) is 13.0 Å². The molecule has 35 heavy (non-hydrogen) atoms. The molecular formula is C27H23ClN2O4S. The summed E-state index contributed by atoms with van der Waals surface area (Å²) in [6.45, 7) is 3.60. The Hall–Kier alpha value is -3.68. The third kappa shape index (κ3) is 5.88. The van der Waals surface area contributed by atoms with Crippen LogP contribution in [0.1, 0.15) is 29.8 Å². The normalized spacial score (nSPS) is 11.6. The van der Waals surface area contributed by atoms with E-state index in [2.05, 4.69) is 9.69 Å². The SMILES string of the molecule is Cc1nsc(-c2ccc(-c3ccc(CC(=O)O)cc3)cc2)c1NC(=O)O[C@H](C)c1ccccc1Cl. The average molecular weight is 507 g/mol. The Labute approximate surface area is 212 Å². The number of nitrogens with one attached hydrogen (secondary N) is 1. The molecule has 0 spiro atoms. The van der Waals surface area contributed by atoms with E-state index in [0.717, 1.165) is 32.7 Å². The minimum Gasteiger partial charge on any atom is -0.481 e. The molecule has 178 valence electrons. The first-order chi connectivity index (χ1) is 16.8. The van der Waals surface area contributed by atoms with Gasteiger partial charge in [-0.15, -0.1) is 0 Å². The van der Waals surface area contributed by atoms with Crippen LogP contribution >= 0.6 is 23.1 Å². The fourth-order valence-electron chi connectivity index (χ4n) is 3.68. The van der Waals surface area contributed by atoms with Crippen LogP contribution < -0.4 is 5.32 Å². The Bertz CT molecular complexity index is 1350. The summed E-state index contributed by atoms with van der Waals surface area (Å²) in [5.74, 6) is -0.853. The second kappa shape index (κ2) is 10.7. The molecule has 1 heterocycles. The van der Waals surface area contributed by atoms with Crippen LogP contribution in [-0.2, 0) is 16.0 Å². The number of ether oxygens (including phenoxy) is 1. The molecule has 1 aromatic heterocycles. The maximum absolute atomic E-state index is 12.6. The standard InChI is InChI=1S/C27H23ClN2O4S/c1-16-25(29-27(33)34-17(2)22-5-3-4-6-23(22)28)26(35-30-16)21-13-11-20(12-14-21)19-9-7-18(8-10-19)15-24(31)32/h3-14,17H,15H2,1-2H3,(H,29,33)(H,31,32)/t17-/m1/s1. The molecule has 0 saturated carbocycles. The zero-order chi connectivity index (χ0) is 24.9. The summed E-state index contributed by atoms with van der Waals surface area (Å²) in [6.07, 6.45) is -1.10. The number of halogens is 1. The summed E-state index contributed by atoms with van der Waals surface area (Å²) < 4.78 is 9.97. The highest BCUT2D eigenvalue weighted by atomic mass is 35.5. The number of carbonyl (C=O) groups excluding carboxylic acids is 1. The molecule has 2 N–H and O–H groups in total. The second-order valence-electron chi connectivity index (χ2n) is 8.01. The van der Waals surface area contributed by atoms with Crippen molar-refractivity contribution in [1.29, 1.82) is 0 Å². The Kier molecular flexibility index (Phi) is 7.48. The lowest BCUT2D eigenvalue weighted by Crippen LogP contribution is -2.16. The van der Waals surface area contributed by atoms with Gasteiger partial charge in [-0.3, -0.25) is 10.1 Å². The monoisotopic (exact) mass is 506 g/mol. The third-order valence-corrected chi connectivity index (χ3v) is 6.84. The smallest absolute Gasteiger partial charge is 0.412 e. The van der Waals surface area contributed by atoms with Crippen LogP contribution in [0.5, 0.6) is 0 Å². The van der Waals surface area contributed by atoms with E-state index in [1.807, 2.05) is 73.7 Å². The van der Waals surface area contributed by atoms with Gasteiger partial charge in [-0.2, -0.15) is 4.37 Å². The Morgan fingerprint density at radius 1 is 1.00 bits per heavy atom. The van der Waals surface area contributed by atoms with E-state index in [-0.39, 0.29) is 6.42 Å². The molecule has 0 aliphatic heterocycles. The van der Waals surface area contributed by atoms with Crippen LogP contribution in [0.25, 0.3) is 21.6 Å². The van der Waals surface area contributed by atoms with Crippen LogP contribution in [0.2, 0.25) is 5.02 Å². The molecule has 0 unspecified atom stereocenters. The number of carbonyl (C=O) groups is 2. The molecule has 3 aromatic carbocycles. The molecular weight excluding hydrogens is 484 g/mol. The van der Waals surface area contributed by atoms with Crippen molar-refractivity contribution in [2.75, 3.05) is 5.32 Å². The summed E-state index contributed by atoms with van der Waals surface area (Å²) in [5.41, 5.74) is 5.70. The maximum Gasteiger partial charge on any atom is 0.412 e. The van der Waals surface area contributed by atoms with E-state index >= 15 is 0 Å². The van der Waals surface area contributed by atoms with Gasteiger partial charge in [0, 0.05) is 10.6 Å². The first-order valence-electron chi connectivity index (χ1n) is 10.9. The van der Waals surface area contributed by atoms with Gasteiger partial charge in [-0.1, -0.05) is 78.3 Å². The van der Waals surface area contributed by atoms with Gasteiger partial charge < -0.3 is 9.84 Å². The van der Waals surface area contributed by atoms with Crippen molar-refractivity contribution < 1.29 is 19.4 Å². The first kappa shape index (κ1) is 24.4. The highest BCUT2D eigenvalue weighted by molar-refractivity contribution is 7.10. The van der Waals surface area contributed by atoms with Crippen molar-refractivity contribution in [1.82, 2.24) is 4.37 Å². The zero-order valence-corrected chi connectivity index (χ0v) is 20.7. The summed E-state index contributed by atoms with van der Waals surface area (Å²) in [6, 6.07) is 22.6. The van der Waals surface area contributed by atoms with Crippen LogP contribution in [0.15, 0.2) is 72.8 Å². The molecule has 6 nitrogen and oxygen atoms in total. The molecule has 1 atom stereocenters. The van der Waals surface area contributed by atoms with Gasteiger partial charge in [0.2, 0.25) is 0 Å². The number of hydrogen-bond donors (Lipinski definition) is 2. The van der Waals surface area contributed by atoms with Gasteiger partial charge >= 0.3 is 12.1 Å². The molecule has 0 saturated heterocycles. The van der Waals surface area contributed by atoms with Gasteiger partial charge in [-0.25, -0.2) is 4.79 Å². The lowest BCUT2D eigenvalue weighted by molar-refractivity contribution is -0.136. The number of anilines is 1. The van der Waals surface area contributed by atoms with E-state index in [0.29, 0.717) is 16.4 Å². The lowest BCUT2D eigenvalue weighted by atomic mass is 10.0. The molecule has 4 aromatic rings. The predicted octanol–water partition coefficient (Wildman–Crippen LogP) is 7.38. The van der Waals surface area contributed by atoms with E-state index in [9.17, 15) is 9.59 Å². The van der Waals surface area contributed by atoms with Gasteiger partial charge in [0.05, 0.1) is 22.7 Å². The number of amides is 1. The average Bonchev–Trinajstić information content (AvgIpc) is 3.19. The number of carboxylic acids is 1. The minimum absolute atomic E-state index is 0.000671. The molecule has 8 heteroatoms. The fourth-order valence-corrected chi connectivity index (χ4v) is 4.82. The van der Waals surface area contributed by atoms with Crippen LogP contribution in [0.4, 0.5) is 10.5 Å². The van der Waals surface area contributed by atoms with Gasteiger partial charge in [0.15, 0.2) is 0 Å². The Morgan fingerprint density at radius 3 is 2.23 bits per heavy atom. The molecule has 4 rings (SSSR count). The highest BCUT2D eigenvalue weighted by Gasteiger charge is 2.19. The first-order valence-corrected chi connectivity index (χ1v) is 12.1. The van der Waals surface area contributed by atoms with Crippen molar-refractivity contribution in [3.8, 4) is 21.6 Å². The van der Waals surface area contributed by atoms with Crippen molar-refractivity contribution in [2.24, 2.45) is 0 Å². The van der Waals surface area contributed by atoms with Gasteiger partial charge in [-0.05, 0) is 53.7 Å². The van der Waals surface area contributed by atoms with E-state index < -0.39 is 18.2 Å². The van der Waals surface area contributed by atoms with Crippen molar-refractivity contribution in [3.05, 3.63) is 94.6 Å². The summed E-state index contributed by atoms with van der Waals surface area (Å²) in [5, 5.41) is 12.3. The van der Waals surface area contributed by atoms with Gasteiger partial charge in [0.1, 0.15) is 6.10 Å². The third-order valence-electron chi connectivity index (χ3n) is 5.51. The van der Waals surface area contributed by atoms with Gasteiger partial charge in [0.25, 0.3) is 0 Å². The van der Waals surface area contributed by atoms with Crippen LogP contribution in [0.3, 0.4) is 0 Å². The molecule has 0 fully saturated rings. The van der Waals surface area contributed by atoms with Crippen LogP contribution in [-0.4, -0.2) is 21.5 Å². The Morgan fingerprint density at radius 2 is 1.60 bits per heavy atom. The zero-order valence-electron chi connectivity index (χ0n) is 19.1. The Balaban J connectivity index is 1.48. The number of aromatic nitrogens is 1. The number of benzene rings is 3. The van der Waals surface area contributed by atoms with E-state index in [4.69, 9.17) is 21.4 Å². The summed E-state index contributed by atoms with van der Waals surface area (Å²) in [7, 11) is 0. The number of carboxylic acid groups (broad SMARTS) is 1. The largest absolute Gasteiger partial charge is 0.481 e. The molecule has 0 radical (unpaired) electrons. The molecule has 0 aliphatic carbocycles. The fraction of sp³-hybridized carbons (Fsp3) is 0.148. The number of hydrogen-bond acceptors (Lipinski definition) is 5. The quantitative estimate of drug-likeness (QED) is 0.273. The predicted molar refractivity (Wildman–Crippen MR) is 139 cm³/mol. The number of aliphatic carboxylic acids is 1. The lowest BCUT2D eigenvalue weighted by Gasteiger charge is -2.16. The summed E-state index contributed by atoms with van der Waals surface area (Å²) in [4.78, 5) is 24.3.